The molecule has 2 rings (SSSR count). The molecule has 3 unspecified atom stereocenters. The van der Waals surface area contributed by atoms with Crippen molar-refractivity contribution < 1.29 is 9.47 Å². The molecule has 11 heavy (non-hydrogen) atoms. The van der Waals surface area contributed by atoms with Crippen LogP contribution in [-0.2, 0) is 9.47 Å². The predicted molar refractivity (Wildman–Crippen MR) is 42.4 cm³/mol. The zero-order valence-corrected chi connectivity index (χ0v) is 6.82. The van der Waals surface area contributed by atoms with Crippen LogP contribution < -0.4 is 0 Å². The fourth-order valence-electron chi connectivity index (χ4n) is 1.79. The zero-order chi connectivity index (χ0) is 7.68. The largest absolute Gasteiger partial charge is 0.381 e. The lowest BCUT2D eigenvalue weighted by atomic mass is 9.95. The van der Waals surface area contributed by atoms with Crippen molar-refractivity contribution in [3.8, 4) is 0 Å². The molecule has 0 aromatic heterocycles. The molecule has 2 aliphatic rings. The van der Waals surface area contributed by atoms with Crippen molar-refractivity contribution in [2.24, 2.45) is 5.92 Å². The molecule has 2 heterocycles. The van der Waals surface area contributed by atoms with Crippen LogP contribution in [0.2, 0.25) is 0 Å². The van der Waals surface area contributed by atoms with E-state index in [2.05, 4.69) is 12.2 Å². The summed E-state index contributed by atoms with van der Waals surface area (Å²) in [6, 6.07) is 0. The lowest BCUT2D eigenvalue weighted by Crippen LogP contribution is -2.18. The molecule has 0 radical (unpaired) electrons. The van der Waals surface area contributed by atoms with Crippen molar-refractivity contribution in [2.75, 3.05) is 13.2 Å². The highest BCUT2D eigenvalue weighted by Crippen LogP contribution is 2.33. The van der Waals surface area contributed by atoms with E-state index < -0.39 is 0 Å². The first kappa shape index (κ1) is 7.32. The van der Waals surface area contributed by atoms with E-state index in [1.54, 1.807) is 0 Å². The van der Waals surface area contributed by atoms with Gasteiger partial charge >= 0.3 is 0 Å². The van der Waals surface area contributed by atoms with Crippen LogP contribution in [0.3, 0.4) is 0 Å². The van der Waals surface area contributed by atoms with E-state index in [1.807, 2.05) is 6.92 Å². The lowest BCUT2D eigenvalue weighted by Gasteiger charge is -2.14. The maximum Gasteiger partial charge on any atom is 0.0816 e. The summed E-state index contributed by atoms with van der Waals surface area (Å²) in [5.41, 5.74) is 0. The third-order valence-corrected chi connectivity index (χ3v) is 2.38. The summed E-state index contributed by atoms with van der Waals surface area (Å²) in [6.07, 6.45) is 6.23. The maximum absolute atomic E-state index is 5.59. The Labute approximate surface area is 67.2 Å². The molecule has 0 aliphatic carbocycles. The van der Waals surface area contributed by atoms with Crippen LogP contribution in [0.15, 0.2) is 12.2 Å². The van der Waals surface area contributed by atoms with Crippen molar-refractivity contribution in [2.45, 2.75) is 25.6 Å². The smallest absolute Gasteiger partial charge is 0.0816 e. The number of ether oxygens (including phenoxy) is 2. The van der Waals surface area contributed by atoms with Gasteiger partial charge in [-0.15, -0.1) is 0 Å². The Morgan fingerprint density at radius 1 is 1.55 bits per heavy atom. The lowest BCUT2D eigenvalue weighted by molar-refractivity contribution is 0.0679. The van der Waals surface area contributed by atoms with E-state index in [-0.39, 0.29) is 0 Å². The van der Waals surface area contributed by atoms with Crippen molar-refractivity contribution >= 4 is 0 Å². The van der Waals surface area contributed by atoms with E-state index in [0.717, 1.165) is 19.6 Å². The average molecular weight is 154 g/mol. The number of fused-ring (bicyclic) bond motifs is 2. The Morgan fingerprint density at radius 2 is 2.45 bits per heavy atom. The molecule has 0 saturated carbocycles. The highest BCUT2D eigenvalue weighted by molar-refractivity contribution is 5.10. The second-order valence-electron chi connectivity index (χ2n) is 3.18. The Hall–Kier alpha value is -0.340. The molecule has 1 saturated heterocycles. The molecule has 2 aliphatic heterocycles. The Bertz CT molecular complexity index is 165. The topological polar surface area (TPSA) is 18.5 Å². The summed E-state index contributed by atoms with van der Waals surface area (Å²) >= 11 is 0. The minimum absolute atomic E-state index is 0.353. The van der Waals surface area contributed by atoms with Crippen molar-refractivity contribution in [1.29, 1.82) is 0 Å². The van der Waals surface area contributed by atoms with Crippen LogP contribution in [0.1, 0.15) is 13.3 Å². The van der Waals surface area contributed by atoms with E-state index in [4.69, 9.17) is 9.47 Å². The summed E-state index contributed by atoms with van der Waals surface area (Å²) < 4.78 is 10.9. The molecule has 0 amide bonds. The van der Waals surface area contributed by atoms with E-state index in [1.165, 1.54) is 0 Å². The van der Waals surface area contributed by atoms with Crippen molar-refractivity contribution in [1.82, 2.24) is 0 Å². The van der Waals surface area contributed by atoms with E-state index in [9.17, 15) is 0 Å². The van der Waals surface area contributed by atoms with Gasteiger partial charge in [-0.1, -0.05) is 12.2 Å². The summed E-state index contributed by atoms with van der Waals surface area (Å²) in [5, 5.41) is 0. The van der Waals surface area contributed by atoms with Gasteiger partial charge in [0.1, 0.15) is 0 Å². The molecule has 0 aromatic rings. The van der Waals surface area contributed by atoms with Gasteiger partial charge in [-0.3, -0.25) is 0 Å². The first-order valence-corrected chi connectivity index (χ1v) is 4.31. The quantitative estimate of drug-likeness (QED) is 0.571. The monoisotopic (exact) mass is 154 g/mol. The summed E-state index contributed by atoms with van der Waals surface area (Å²) in [4.78, 5) is 0. The van der Waals surface area contributed by atoms with Crippen LogP contribution >= 0.6 is 0 Å². The Balaban J connectivity index is 1.84. The first-order chi connectivity index (χ1) is 5.40. The molecular weight excluding hydrogens is 140 g/mol. The van der Waals surface area contributed by atoms with Crippen molar-refractivity contribution in [3.63, 3.8) is 0 Å². The zero-order valence-electron chi connectivity index (χ0n) is 6.82. The molecule has 62 valence electrons. The normalized spacial score (nSPS) is 40.3. The minimum Gasteiger partial charge on any atom is -0.381 e. The highest BCUT2D eigenvalue weighted by Gasteiger charge is 2.36. The summed E-state index contributed by atoms with van der Waals surface area (Å²) in [5.74, 6) is 0.616. The molecule has 0 spiro atoms. The summed E-state index contributed by atoms with van der Waals surface area (Å²) in [7, 11) is 0. The van der Waals surface area contributed by atoms with Gasteiger partial charge < -0.3 is 9.47 Å². The van der Waals surface area contributed by atoms with Gasteiger partial charge in [-0.05, 0) is 13.3 Å². The van der Waals surface area contributed by atoms with Gasteiger partial charge in [0.25, 0.3) is 0 Å². The van der Waals surface area contributed by atoms with Gasteiger partial charge in [-0.2, -0.15) is 0 Å². The Kier molecular flexibility index (Phi) is 1.96. The third-order valence-electron chi connectivity index (χ3n) is 2.38. The van der Waals surface area contributed by atoms with Gasteiger partial charge in [0.15, 0.2) is 0 Å². The van der Waals surface area contributed by atoms with Crippen LogP contribution in [0.5, 0.6) is 0 Å². The van der Waals surface area contributed by atoms with Crippen LogP contribution in [0.25, 0.3) is 0 Å². The predicted octanol–water partition coefficient (Wildman–Crippen LogP) is 1.37. The van der Waals surface area contributed by atoms with Gasteiger partial charge in [-0.25, -0.2) is 0 Å². The molecule has 2 heteroatoms. The third kappa shape index (κ3) is 1.33. The number of hydrogen-bond donors (Lipinski definition) is 0. The number of hydrogen-bond acceptors (Lipinski definition) is 2. The van der Waals surface area contributed by atoms with Crippen LogP contribution in [0, 0.1) is 5.92 Å². The molecular formula is C9H14O2. The van der Waals surface area contributed by atoms with Crippen molar-refractivity contribution in [3.05, 3.63) is 12.2 Å². The van der Waals surface area contributed by atoms with Gasteiger partial charge in [0.05, 0.1) is 18.8 Å². The van der Waals surface area contributed by atoms with E-state index >= 15 is 0 Å². The number of rotatable bonds is 3. The first-order valence-electron chi connectivity index (χ1n) is 4.31. The standard InChI is InChI=1S/C9H14O2/c1-2-10-6-7-5-8-3-4-9(7)11-8/h3-4,7-9H,2,5-6H2,1H3. The van der Waals surface area contributed by atoms with Crippen LogP contribution in [-0.4, -0.2) is 25.4 Å². The molecule has 2 bridgehead atoms. The minimum atomic E-state index is 0.353. The molecule has 1 fully saturated rings. The molecule has 3 atom stereocenters. The van der Waals surface area contributed by atoms with Gasteiger partial charge in [0.2, 0.25) is 0 Å². The fraction of sp³-hybridized carbons (Fsp3) is 0.778. The van der Waals surface area contributed by atoms with Gasteiger partial charge in [0, 0.05) is 12.5 Å². The average Bonchev–Trinajstić information content (AvgIpc) is 2.60. The highest BCUT2D eigenvalue weighted by atomic mass is 16.5. The fourth-order valence-corrected chi connectivity index (χ4v) is 1.79. The molecule has 2 nitrogen and oxygen atoms in total. The summed E-state index contributed by atoms with van der Waals surface area (Å²) in [6.45, 7) is 3.71. The maximum atomic E-state index is 5.59. The SMILES string of the molecule is CCOCC1CC2C=CC1O2. The second-order valence-corrected chi connectivity index (χ2v) is 3.18. The Morgan fingerprint density at radius 3 is 3.00 bits per heavy atom. The van der Waals surface area contributed by atoms with E-state index in [0.29, 0.717) is 18.1 Å². The molecule has 0 aromatic carbocycles. The second kappa shape index (κ2) is 2.95. The van der Waals surface area contributed by atoms with Crippen LogP contribution in [0.4, 0.5) is 0 Å². The molecule has 0 N–H and O–H groups in total.